The fourth-order valence-electron chi connectivity index (χ4n) is 1.87. The smallest absolute Gasteiger partial charge is 0.0953 e. The molecule has 0 aliphatic carbocycles. The summed E-state index contributed by atoms with van der Waals surface area (Å²) in [7, 11) is 0. The molecule has 2 aromatic rings. The standard InChI is InChI=1S/C14H20N4/c1-3-12(15)7-13-8-18(10-17-13)9-14-11(2)5-4-6-16-14/h4-6,8,10,12H,3,7,9,15H2,1-2H3. The average molecular weight is 244 g/mol. The SMILES string of the molecule is CCC(N)Cc1cn(Cc2ncccc2C)cn1. The highest BCUT2D eigenvalue weighted by Crippen LogP contribution is 2.07. The molecule has 0 bridgehead atoms. The molecule has 2 heterocycles. The van der Waals surface area contributed by atoms with Crippen LogP contribution < -0.4 is 5.73 Å². The Balaban J connectivity index is 2.05. The summed E-state index contributed by atoms with van der Waals surface area (Å²) in [5, 5.41) is 0. The van der Waals surface area contributed by atoms with E-state index in [0.29, 0.717) is 0 Å². The van der Waals surface area contributed by atoms with Gasteiger partial charge in [0, 0.05) is 24.9 Å². The first-order valence-corrected chi connectivity index (χ1v) is 6.35. The molecule has 0 radical (unpaired) electrons. The van der Waals surface area contributed by atoms with Crippen molar-refractivity contribution in [1.29, 1.82) is 0 Å². The lowest BCUT2D eigenvalue weighted by molar-refractivity contribution is 0.637. The van der Waals surface area contributed by atoms with Gasteiger partial charge in [0.15, 0.2) is 0 Å². The summed E-state index contributed by atoms with van der Waals surface area (Å²) in [6.07, 6.45) is 7.56. The lowest BCUT2D eigenvalue weighted by atomic mass is 10.1. The zero-order valence-electron chi connectivity index (χ0n) is 11.0. The molecule has 2 aromatic heterocycles. The molecule has 0 saturated heterocycles. The predicted molar refractivity (Wildman–Crippen MR) is 72.3 cm³/mol. The number of hydrogen-bond acceptors (Lipinski definition) is 3. The van der Waals surface area contributed by atoms with Crippen LogP contribution in [0, 0.1) is 6.92 Å². The van der Waals surface area contributed by atoms with E-state index in [1.165, 1.54) is 5.56 Å². The summed E-state index contributed by atoms with van der Waals surface area (Å²) in [5.74, 6) is 0. The first kappa shape index (κ1) is 12.8. The van der Waals surface area contributed by atoms with Crippen LogP contribution in [0.5, 0.6) is 0 Å². The van der Waals surface area contributed by atoms with E-state index in [1.807, 2.05) is 18.6 Å². The van der Waals surface area contributed by atoms with Gasteiger partial charge < -0.3 is 10.3 Å². The van der Waals surface area contributed by atoms with Gasteiger partial charge in [-0.1, -0.05) is 13.0 Å². The van der Waals surface area contributed by atoms with Crippen LogP contribution in [0.15, 0.2) is 30.9 Å². The van der Waals surface area contributed by atoms with Crippen LogP contribution in [0.3, 0.4) is 0 Å². The van der Waals surface area contributed by atoms with E-state index in [2.05, 4.69) is 40.6 Å². The highest BCUT2D eigenvalue weighted by atomic mass is 15.0. The molecule has 96 valence electrons. The Bertz CT molecular complexity index is 504. The summed E-state index contributed by atoms with van der Waals surface area (Å²) in [5.41, 5.74) is 9.27. The largest absolute Gasteiger partial charge is 0.331 e. The minimum Gasteiger partial charge on any atom is -0.331 e. The van der Waals surface area contributed by atoms with Gasteiger partial charge in [0.25, 0.3) is 0 Å². The second kappa shape index (κ2) is 5.78. The van der Waals surface area contributed by atoms with E-state index in [1.54, 1.807) is 0 Å². The average Bonchev–Trinajstić information content (AvgIpc) is 2.79. The number of pyridine rings is 1. The van der Waals surface area contributed by atoms with Crippen molar-refractivity contribution in [1.82, 2.24) is 14.5 Å². The van der Waals surface area contributed by atoms with Crippen LogP contribution in [-0.4, -0.2) is 20.6 Å². The maximum Gasteiger partial charge on any atom is 0.0953 e. The van der Waals surface area contributed by atoms with E-state index in [0.717, 1.165) is 30.8 Å². The van der Waals surface area contributed by atoms with Gasteiger partial charge in [-0.05, 0) is 25.0 Å². The van der Waals surface area contributed by atoms with Gasteiger partial charge in [-0.15, -0.1) is 0 Å². The Morgan fingerprint density at radius 3 is 2.94 bits per heavy atom. The van der Waals surface area contributed by atoms with Crippen LogP contribution in [0.1, 0.15) is 30.3 Å². The molecule has 2 N–H and O–H groups in total. The van der Waals surface area contributed by atoms with Gasteiger partial charge in [0.05, 0.1) is 24.3 Å². The topological polar surface area (TPSA) is 56.7 Å². The normalized spacial score (nSPS) is 12.6. The molecule has 0 saturated carbocycles. The first-order chi connectivity index (χ1) is 8.69. The van der Waals surface area contributed by atoms with Gasteiger partial charge in [-0.2, -0.15) is 0 Å². The third kappa shape index (κ3) is 3.17. The zero-order valence-corrected chi connectivity index (χ0v) is 11.0. The molecule has 0 aliphatic rings. The van der Waals surface area contributed by atoms with Crippen LogP contribution in [0.4, 0.5) is 0 Å². The molecule has 2 rings (SSSR count). The number of nitrogens with zero attached hydrogens (tertiary/aromatic N) is 3. The monoisotopic (exact) mass is 244 g/mol. The molecule has 0 aliphatic heterocycles. The van der Waals surface area contributed by atoms with Crippen molar-refractivity contribution < 1.29 is 0 Å². The summed E-state index contributed by atoms with van der Waals surface area (Å²) in [6.45, 7) is 4.94. The van der Waals surface area contributed by atoms with Gasteiger partial charge in [-0.3, -0.25) is 4.98 Å². The van der Waals surface area contributed by atoms with E-state index >= 15 is 0 Å². The van der Waals surface area contributed by atoms with Crippen molar-refractivity contribution in [2.24, 2.45) is 5.73 Å². The summed E-state index contributed by atoms with van der Waals surface area (Å²) in [6, 6.07) is 4.23. The zero-order chi connectivity index (χ0) is 13.0. The Morgan fingerprint density at radius 1 is 1.39 bits per heavy atom. The number of rotatable bonds is 5. The maximum absolute atomic E-state index is 5.93. The third-order valence-corrected chi connectivity index (χ3v) is 3.13. The van der Waals surface area contributed by atoms with Crippen molar-refractivity contribution >= 4 is 0 Å². The van der Waals surface area contributed by atoms with Crippen molar-refractivity contribution in [2.75, 3.05) is 0 Å². The Morgan fingerprint density at radius 2 is 2.22 bits per heavy atom. The summed E-state index contributed by atoms with van der Waals surface area (Å²) >= 11 is 0. The second-order valence-electron chi connectivity index (χ2n) is 4.68. The van der Waals surface area contributed by atoms with E-state index in [4.69, 9.17) is 5.73 Å². The highest BCUT2D eigenvalue weighted by molar-refractivity contribution is 5.18. The van der Waals surface area contributed by atoms with Crippen molar-refractivity contribution in [3.8, 4) is 0 Å². The molecule has 0 aromatic carbocycles. The second-order valence-corrected chi connectivity index (χ2v) is 4.68. The highest BCUT2D eigenvalue weighted by Gasteiger charge is 2.06. The Labute approximate surface area is 108 Å². The molecular weight excluding hydrogens is 224 g/mol. The number of imidazole rings is 1. The van der Waals surface area contributed by atoms with E-state index in [-0.39, 0.29) is 6.04 Å². The number of aryl methyl sites for hydroxylation is 1. The molecule has 0 amide bonds. The third-order valence-electron chi connectivity index (χ3n) is 3.13. The van der Waals surface area contributed by atoms with Crippen LogP contribution in [-0.2, 0) is 13.0 Å². The van der Waals surface area contributed by atoms with Crippen molar-refractivity contribution in [3.63, 3.8) is 0 Å². The van der Waals surface area contributed by atoms with E-state index < -0.39 is 0 Å². The number of nitrogens with two attached hydrogens (primary N) is 1. The van der Waals surface area contributed by atoms with Crippen LogP contribution in [0.25, 0.3) is 0 Å². The molecule has 4 nitrogen and oxygen atoms in total. The fraction of sp³-hybridized carbons (Fsp3) is 0.429. The number of aromatic nitrogens is 3. The van der Waals surface area contributed by atoms with Crippen LogP contribution >= 0.6 is 0 Å². The van der Waals surface area contributed by atoms with Gasteiger partial charge >= 0.3 is 0 Å². The molecule has 1 unspecified atom stereocenters. The van der Waals surface area contributed by atoms with E-state index in [9.17, 15) is 0 Å². The molecule has 18 heavy (non-hydrogen) atoms. The lowest BCUT2D eigenvalue weighted by Gasteiger charge is -2.06. The lowest BCUT2D eigenvalue weighted by Crippen LogP contribution is -2.21. The molecule has 1 atom stereocenters. The fourth-order valence-corrected chi connectivity index (χ4v) is 1.87. The Hall–Kier alpha value is -1.68. The van der Waals surface area contributed by atoms with Gasteiger partial charge in [-0.25, -0.2) is 4.98 Å². The summed E-state index contributed by atoms with van der Waals surface area (Å²) in [4.78, 5) is 8.77. The predicted octanol–water partition coefficient (Wildman–Crippen LogP) is 1.91. The summed E-state index contributed by atoms with van der Waals surface area (Å²) < 4.78 is 2.06. The molecular formula is C14H20N4. The first-order valence-electron chi connectivity index (χ1n) is 6.35. The molecule has 0 spiro atoms. The minimum absolute atomic E-state index is 0.199. The quantitative estimate of drug-likeness (QED) is 0.874. The van der Waals surface area contributed by atoms with Gasteiger partial charge in [0.2, 0.25) is 0 Å². The van der Waals surface area contributed by atoms with Crippen LogP contribution in [0.2, 0.25) is 0 Å². The minimum atomic E-state index is 0.199. The molecule has 4 heteroatoms. The number of hydrogen-bond donors (Lipinski definition) is 1. The van der Waals surface area contributed by atoms with Gasteiger partial charge in [0.1, 0.15) is 0 Å². The Kier molecular flexibility index (Phi) is 4.10. The maximum atomic E-state index is 5.93. The molecule has 0 fully saturated rings. The van der Waals surface area contributed by atoms with Crippen molar-refractivity contribution in [3.05, 3.63) is 47.8 Å². The van der Waals surface area contributed by atoms with Crippen molar-refractivity contribution in [2.45, 2.75) is 39.3 Å².